The van der Waals surface area contributed by atoms with Gasteiger partial charge in [-0.15, -0.1) is 0 Å². The minimum atomic E-state index is -2.09. The van der Waals surface area contributed by atoms with Crippen LogP contribution in [0.5, 0.6) is 0 Å². The van der Waals surface area contributed by atoms with Gasteiger partial charge in [-0.25, -0.2) is 8.78 Å². The largest absolute Gasteiger partial charge is 0.238 e. The van der Waals surface area contributed by atoms with E-state index in [0.29, 0.717) is 6.42 Å². The molecule has 0 N–H and O–H groups in total. The average Bonchev–Trinajstić information content (AvgIpc) is 1.61. The molecular weight excluding hydrogens is 117 g/mol. The van der Waals surface area contributed by atoms with Gasteiger partial charge in [0.05, 0.1) is 6.16 Å². The van der Waals surface area contributed by atoms with Crippen molar-refractivity contribution >= 4 is 9.24 Å². The van der Waals surface area contributed by atoms with Gasteiger partial charge >= 0.3 is 0 Å². The van der Waals surface area contributed by atoms with Crippen LogP contribution in [0.4, 0.5) is 8.78 Å². The summed E-state index contributed by atoms with van der Waals surface area (Å²) in [6.45, 7) is 0. The first-order chi connectivity index (χ1) is 3.27. The van der Waals surface area contributed by atoms with Crippen molar-refractivity contribution in [3.63, 3.8) is 0 Å². The van der Waals surface area contributed by atoms with Gasteiger partial charge in [0.1, 0.15) is 0 Å². The zero-order chi connectivity index (χ0) is 5.70. The fraction of sp³-hybridized carbons (Fsp3) is 1.00. The summed E-state index contributed by atoms with van der Waals surface area (Å²) in [4.78, 5) is 0. The van der Waals surface area contributed by atoms with Crippen molar-refractivity contribution in [2.75, 3.05) is 6.16 Å². The Morgan fingerprint density at radius 1 is 1.43 bits per heavy atom. The van der Waals surface area contributed by atoms with Crippen LogP contribution >= 0.6 is 9.24 Å². The predicted octanol–water partition coefficient (Wildman–Crippen LogP) is 1.64. The van der Waals surface area contributed by atoms with E-state index in [9.17, 15) is 8.78 Å². The molecule has 0 aliphatic rings. The molecule has 0 aromatic heterocycles. The Bertz CT molecular complexity index is 38.7. The second kappa shape index (κ2) is 4.45. The molecule has 0 saturated heterocycles. The molecule has 7 heavy (non-hydrogen) atoms. The average molecular weight is 127 g/mol. The van der Waals surface area contributed by atoms with E-state index < -0.39 is 6.43 Å². The zero-order valence-electron chi connectivity index (χ0n) is 4.16. The van der Waals surface area contributed by atoms with Crippen molar-refractivity contribution in [3.8, 4) is 0 Å². The van der Waals surface area contributed by atoms with Gasteiger partial charge in [0, 0.05) is 6.42 Å². The first-order valence-electron chi connectivity index (χ1n) is 2.34. The lowest BCUT2D eigenvalue weighted by atomic mass is 10.4. The molecule has 0 saturated carbocycles. The van der Waals surface area contributed by atoms with Gasteiger partial charge in [-0.2, -0.15) is 0 Å². The molecule has 0 radical (unpaired) electrons. The van der Waals surface area contributed by atoms with Gasteiger partial charge in [-0.3, -0.25) is 0 Å². The highest BCUT2D eigenvalue weighted by atomic mass is 31.0. The Morgan fingerprint density at radius 3 is 2.14 bits per heavy atom. The quantitative estimate of drug-likeness (QED) is 0.505. The predicted molar refractivity (Wildman–Crippen MR) is 31.2 cm³/mol. The van der Waals surface area contributed by atoms with Crippen molar-refractivity contribution in [1.29, 1.82) is 0 Å². The molecule has 0 nitrogen and oxygen atoms in total. The van der Waals surface area contributed by atoms with Gasteiger partial charge in [0.15, 0.2) is 0 Å². The highest BCUT2D eigenvalue weighted by molar-refractivity contribution is 7.16. The lowest BCUT2D eigenvalue weighted by molar-refractivity contribution is 0.137. The molecule has 1 atom stereocenters. The molecule has 3 heteroatoms. The SMILES string of the molecule is FC(F)CCC[PH3+]. The summed E-state index contributed by atoms with van der Waals surface area (Å²) < 4.78 is 22.4. The van der Waals surface area contributed by atoms with Crippen LogP contribution in [0.25, 0.3) is 0 Å². The maximum atomic E-state index is 11.2. The molecule has 0 aliphatic heterocycles. The summed E-state index contributed by atoms with van der Waals surface area (Å²) in [5.74, 6) is 0. The monoisotopic (exact) mass is 127 g/mol. The van der Waals surface area contributed by atoms with Gasteiger partial charge in [-0.05, 0) is 15.7 Å². The standard InChI is InChI=1S/C4H9F2P/c5-4(6)2-1-3-7/h4H,1-3,7H2/p+1. The molecule has 0 spiro atoms. The van der Waals surface area contributed by atoms with Gasteiger partial charge in [0.25, 0.3) is 0 Å². The summed E-state index contributed by atoms with van der Waals surface area (Å²) in [6.07, 6.45) is -0.464. The van der Waals surface area contributed by atoms with Gasteiger partial charge in [-0.1, -0.05) is 0 Å². The Kier molecular flexibility index (Phi) is 4.63. The van der Waals surface area contributed by atoms with E-state index in [1.165, 1.54) is 0 Å². The summed E-state index contributed by atoms with van der Waals surface area (Å²) >= 11 is 0. The molecule has 0 rings (SSSR count). The van der Waals surface area contributed by atoms with Crippen molar-refractivity contribution in [2.24, 2.45) is 0 Å². The van der Waals surface area contributed by atoms with Crippen molar-refractivity contribution in [2.45, 2.75) is 19.3 Å². The summed E-state index contributed by atoms with van der Waals surface area (Å²) in [5, 5.41) is 0. The Hall–Kier alpha value is 0.290. The van der Waals surface area contributed by atoms with Gasteiger partial charge in [0.2, 0.25) is 6.43 Å². The zero-order valence-corrected chi connectivity index (χ0v) is 5.58. The first kappa shape index (κ1) is 7.29. The fourth-order valence-electron chi connectivity index (χ4n) is 0.299. The van der Waals surface area contributed by atoms with E-state index in [0.717, 1.165) is 6.16 Å². The lowest BCUT2D eigenvalue weighted by Gasteiger charge is -1.89. The van der Waals surface area contributed by atoms with Crippen molar-refractivity contribution in [1.82, 2.24) is 0 Å². The first-order valence-corrected chi connectivity index (χ1v) is 3.34. The second-order valence-corrected chi connectivity index (χ2v) is 2.09. The summed E-state index contributed by atoms with van der Waals surface area (Å²) in [5.41, 5.74) is 0. The van der Waals surface area contributed by atoms with Crippen LogP contribution in [-0.4, -0.2) is 12.6 Å². The van der Waals surface area contributed by atoms with Crippen LogP contribution in [0.2, 0.25) is 0 Å². The second-order valence-electron chi connectivity index (χ2n) is 1.39. The van der Waals surface area contributed by atoms with E-state index in [4.69, 9.17) is 0 Å². The molecule has 1 unspecified atom stereocenters. The topological polar surface area (TPSA) is 0 Å². The third-order valence-corrected chi connectivity index (χ3v) is 1.17. The molecule has 0 bridgehead atoms. The molecule has 44 valence electrons. The molecule has 0 aromatic carbocycles. The smallest absolute Gasteiger partial charge is 0.211 e. The minimum Gasteiger partial charge on any atom is -0.211 e. The molecule has 0 aromatic rings. The van der Waals surface area contributed by atoms with Crippen molar-refractivity contribution in [3.05, 3.63) is 0 Å². The lowest BCUT2D eigenvalue weighted by Crippen LogP contribution is -1.88. The van der Waals surface area contributed by atoms with Crippen LogP contribution < -0.4 is 0 Å². The highest BCUT2D eigenvalue weighted by Gasteiger charge is 1.99. The van der Waals surface area contributed by atoms with E-state index >= 15 is 0 Å². The van der Waals surface area contributed by atoms with E-state index in [-0.39, 0.29) is 6.42 Å². The van der Waals surface area contributed by atoms with Crippen LogP contribution in [0, 0.1) is 0 Å². The number of hydrogen-bond donors (Lipinski definition) is 0. The van der Waals surface area contributed by atoms with Crippen LogP contribution in [0.15, 0.2) is 0 Å². The molecular formula is C4H10F2P+. The molecule has 0 aliphatic carbocycles. The van der Waals surface area contributed by atoms with Crippen LogP contribution in [0.1, 0.15) is 12.8 Å². The minimum absolute atomic E-state index is 0.0729. The maximum Gasteiger partial charge on any atom is 0.238 e. The normalized spacial score (nSPS) is 10.7. The van der Waals surface area contributed by atoms with Crippen LogP contribution in [-0.2, 0) is 0 Å². The third kappa shape index (κ3) is 6.29. The molecule has 0 amide bonds. The third-order valence-electron chi connectivity index (χ3n) is 0.672. The number of hydrogen-bond acceptors (Lipinski definition) is 0. The Morgan fingerprint density at radius 2 is 2.00 bits per heavy atom. The maximum absolute atomic E-state index is 11.2. The number of halogens is 2. The number of rotatable bonds is 3. The number of alkyl halides is 2. The Balaban J connectivity index is 2.68. The summed E-state index contributed by atoms with van der Waals surface area (Å²) in [6, 6.07) is 0. The molecule has 0 heterocycles. The fourth-order valence-corrected chi connectivity index (χ4v) is 0.587. The van der Waals surface area contributed by atoms with E-state index in [2.05, 4.69) is 0 Å². The van der Waals surface area contributed by atoms with E-state index in [1.54, 1.807) is 9.24 Å². The Labute approximate surface area is 44.5 Å². The van der Waals surface area contributed by atoms with Gasteiger partial charge < -0.3 is 0 Å². The molecule has 0 fully saturated rings. The van der Waals surface area contributed by atoms with Crippen LogP contribution in [0.3, 0.4) is 0 Å². The summed E-state index contributed by atoms with van der Waals surface area (Å²) in [7, 11) is 1.74. The van der Waals surface area contributed by atoms with Crippen molar-refractivity contribution < 1.29 is 8.78 Å². The van der Waals surface area contributed by atoms with E-state index in [1.807, 2.05) is 0 Å². The highest BCUT2D eigenvalue weighted by Crippen LogP contribution is 2.03.